The van der Waals surface area contributed by atoms with E-state index >= 15 is 0 Å². The van der Waals surface area contributed by atoms with Crippen LogP contribution in [-0.2, 0) is 0 Å². The van der Waals surface area contributed by atoms with E-state index in [9.17, 15) is 0 Å². The number of hydrogen-bond acceptors (Lipinski definition) is 2. The summed E-state index contributed by atoms with van der Waals surface area (Å²) in [5.41, 5.74) is 2.14. The number of nitrogens with one attached hydrogen (secondary N) is 2. The molecule has 0 aliphatic carbocycles. The molecule has 1 fully saturated rings. The van der Waals surface area contributed by atoms with Crippen molar-refractivity contribution in [2.75, 3.05) is 45.2 Å². The Labute approximate surface area is 133 Å². The smallest absolute Gasteiger partial charge is 0.173 e. The van der Waals surface area contributed by atoms with Gasteiger partial charge in [0.25, 0.3) is 0 Å². The predicted octanol–water partition coefficient (Wildman–Crippen LogP) is 1.31. The summed E-state index contributed by atoms with van der Waals surface area (Å²) in [6.45, 7) is 9.96. The molecular weight excluding hydrogens is 282 g/mol. The highest BCUT2D eigenvalue weighted by molar-refractivity contribution is 7.80. The quantitative estimate of drug-likeness (QED) is 0.821. The molecule has 2 rings (SSSR count). The second-order valence-electron chi connectivity index (χ2n) is 5.62. The summed E-state index contributed by atoms with van der Waals surface area (Å²) in [5, 5.41) is 4.14. The number of anilines is 1. The molecule has 0 atom stereocenters. The van der Waals surface area contributed by atoms with Crippen molar-refractivity contribution < 1.29 is 9.64 Å². The van der Waals surface area contributed by atoms with Gasteiger partial charge in [-0.05, 0) is 43.3 Å². The lowest BCUT2D eigenvalue weighted by molar-refractivity contribution is -0.903. The van der Waals surface area contributed by atoms with E-state index in [2.05, 4.69) is 30.1 Å². The maximum atomic E-state index is 5.56. The number of aryl methyl sites for hydroxylation is 1. The van der Waals surface area contributed by atoms with Crippen molar-refractivity contribution >= 4 is 23.0 Å². The van der Waals surface area contributed by atoms with Gasteiger partial charge in [0.1, 0.15) is 5.75 Å². The molecule has 1 aliphatic rings. The highest BCUT2D eigenvalue weighted by Gasteiger charge is 2.21. The molecule has 2 N–H and O–H groups in total. The third-order valence-corrected chi connectivity index (χ3v) is 4.32. The van der Waals surface area contributed by atoms with Crippen LogP contribution in [0.5, 0.6) is 5.75 Å². The Bertz CT molecular complexity index is 484. The van der Waals surface area contributed by atoms with E-state index < -0.39 is 0 Å². The molecule has 1 aliphatic heterocycles. The van der Waals surface area contributed by atoms with Crippen molar-refractivity contribution in [2.45, 2.75) is 20.3 Å². The summed E-state index contributed by atoms with van der Waals surface area (Å²) in [4.78, 5) is 3.95. The van der Waals surface area contributed by atoms with Gasteiger partial charge in [0.2, 0.25) is 0 Å². The second kappa shape index (κ2) is 7.61. The van der Waals surface area contributed by atoms with Gasteiger partial charge >= 0.3 is 0 Å². The molecule has 0 unspecified atom stereocenters. The first-order chi connectivity index (χ1) is 10.1. The molecule has 21 heavy (non-hydrogen) atoms. The minimum absolute atomic E-state index is 0.800. The van der Waals surface area contributed by atoms with Gasteiger partial charge in [0, 0.05) is 0 Å². The summed E-state index contributed by atoms with van der Waals surface area (Å²) in [7, 11) is 1.69. The number of rotatable bonds is 4. The highest BCUT2D eigenvalue weighted by Crippen LogP contribution is 2.25. The lowest BCUT2D eigenvalue weighted by Gasteiger charge is -2.33. The topological polar surface area (TPSA) is 28.9 Å². The van der Waals surface area contributed by atoms with Gasteiger partial charge in [-0.2, -0.15) is 0 Å². The second-order valence-corrected chi connectivity index (χ2v) is 6.01. The number of methoxy groups -OCH3 is 1. The zero-order chi connectivity index (χ0) is 15.2. The monoisotopic (exact) mass is 308 g/mol. The molecule has 0 aromatic heterocycles. The van der Waals surface area contributed by atoms with Crippen molar-refractivity contribution in [3.8, 4) is 5.75 Å². The first-order valence-corrected chi connectivity index (χ1v) is 8.09. The molecule has 4 nitrogen and oxygen atoms in total. The van der Waals surface area contributed by atoms with Gasteiger partial charge in [-0.25, -0.2) is 0 Å². The molecule has 0 spiro atoms. The summed E-state index contributed by atoms with van der Waals surface area (Å²) >= 11 is 5.56. The lowest BCUT2D eigenvalue weighted by Crippen LogP contribution is -3.14. The van der Waals surface area contributed by atoms with Crippen LogP contribution in [0.15, 0.2) is 18.2 Å². The number of piperazine rings is 1. The normalized spacial score (nSPS) is 15.9. The molecule has 0 saturated carbocycles. The zero-order valence-corrected chi connectivity index (χ0v) is 14.1. The van der Waals surface area contributed by atoms with E-state index in [1.807, 2.05) is 12.1 Å². The Morgan fingerprint density at radius 2 is 2.10 bits per heavy atom. The van der Waals surface area contributed by atoms with Gasteiger partial charge in [-0.15, -0.1) is 0 Å². The van der Waals surface area contributed by atoms with Crippen molar-refractivity contribution in [3.05, 3.63) is 23.8 Å². The van der Waals surface area contributed by atoms with E-state index in [4.69, 9.17) is 17.0 Å². The number of benzene rings is 1. The van der Waals surface area contributed by atoms with Crippen LogP contribution in [0, 0.1) is 6.92 Å². The average Bonchev–Trinajstić information content (AvgIpc) is 2.48. The highest BCUT2D eigenvalue weighted by atomic mass is 32.1. The number of thiocarbonyl (C=S) groups is 1. The van der Waals surface area contributed by atoms with Gasteiger partial charge < -0.3 is 19.9 Å². The number of hydrogen-bond donors (Lipinski definition) is 2. The average molecular weight is 308 g/mol. The van der Waals surface area contributed by atoms with Crippen LogP contribution < -0.4 is 15.0 Å². The van der Waals surface area contributed by atoms with Gasteiger partial charge in [-0.1, -0.05) is 13.0 Å². The van der Waals surface area contributed by atoms with Crippen molar-refractivity contribution in [1.82, 2.24) is 4.90 Å². The van der Waals surface area contributed by atoms with E-state index in [0.717, 1.165) is 29.6 Å². The zero-order valence-electron chi connectivity index (χ0n) is 13.2. The van der Waals surface area contributed by atoms with E-state index in [1.165, 1.54) is 31.6 Å². The summed E-state index contributed by atoms with van der Waals surface area (Å²) in [6.07, 6.45) is 1.25. The Hall–Kier alpha value is -1.33. The standard InChI is InChI=1S/C16H25N3OS/c1-4-7-18-8-10-19(11-9-18)16(21)17-14-12-13(2)5-6-15(14)20-3/h5-6,12H,4,7-11H2,1-3H3,(H,17,21)/p+1. The number of nitrogens with zero attached hydrogens (tertiary/aromatic N) is 1. The van der Waals surface area contributed by atoms with Crippen molar-refractivity contribution in [2.24, 2.45) is 0 Å². The minimum atomic E-state index is 0.800. The van der Waals surface area contributed by atoms with Gasteiger partial charge in [0.05, 0.1) is 45.5 Å². The summed E-state index contributed by atoms with van der Waals surface area (Å²) < 4.78 is 5.39. The van der Waals surface area contributed by atoms with Crippen LogP contribution in [-0.4, -0.2) is 49.8 Å². The summed E-state index contributed by atoms with van der Waals surface area (Å²) in [5.74, 6) is 0.832. The van der Waals surface area contributed by atoms with Crippen LogP contribution >= 0.6 is 12.2 Å². The van der Waals surface area contributed by atoms with Crippen molar-refractivity contribution in [1.29, 1.82) is 0 Å². The van der Waals surface area contributed by atoms with Crippen LogP contribution in [0.25, 0.3) is 0 Å². The maximum absolute atomic E-state index is 5.56. The Morgan fingerprint density at radius 1 is 1.38 bits per heavy atom. The predicted molar refractivity (Wildman–Crippen MR) is 91.4 cm³/mol. The summed E-state index contributed by atoms with van der Waals surface area (Å²) in [6, 6.07) is 6.09. The molecule has 0 amide bonds. The minimum Gasteiger partial charge on any atom is -0.495 e. The van der Waals surface area contributed by atoms with E-state index in [1.54, 1.807) is 12.0 Å². The number of ether oxygens (including phenoxy) is 1. The fourth-order valence-corrected chi connectivity index (χ4v) is 3.04. The molecule has 0 bridgehead atoms. The van der Waals surface area contributed by atoms with Crippen LogP contribution in [0.2, 0.25) is 0 Å². The van der Waals surface area contributed by atoms with Crippen molar-refractivity contribution in [3.63, 3.8) is 0 Å². The van der Waals surface area contributed by atoms with Crippen LogP contribution in [0.4, 0.5) is 5.69 Å². The van der Waals surface area contributed by atoms with E-state index in [0.29, 0.717) is 0 Å². The SMILES string of the molecule is CCC[NH+]1CCN(C(=S)Nc2cc(C)ccc2OC)CC1. The van der Waals surface area contributed by atoms with Gasteiger partial charge in [0.15, 0.2) is 5.11 Å². The first kappa shape index (κ1) is 16.0. The third-order valence-electron chi connectivity index (χ3n) is 3.96. The molecule has 1 aromatic carbocycles. The molecule has 5 heteroatoms. The molecule has 1 aromatic rings. The largest absolute Gasteiger partial charge is 0.495 e. The Morgan fingerprint density at radius 3 is 2.71 bits per heavy atom. The van der Waals surface area contributed by atoms with Gasteiger partial charge in [-0.3, -0.25) is 0 Å². The van der Waals surface area contributed by atoms with E-state index in [-0.39, 0.29) is 0 Å². The molecule has 0 radical (unpaired) electrons. The Kier molecular flexibility index (Phi) is 5.82. The first-order valence-electron chi connectivity index (χ1n) is 7.68. The maximum Gasteiger partial charge on any atom is 0.173 e. The Balaban J connectivity index is 1.95. The lowest BCUT2D eigenvalue weighted by atomic mass is 10.2. The third kappa shape index (κ3) is 4.32. The van der Waals surface area contributed by atoms with Crippen LogP contribution in [0.1, 0.15) is 18.9 Å². The molecule has 116 valence electrons. The molecule has 1 saturated heterocycles. The molecule has 1 heterocycles. The molecular formula is C16H26N3OS+. The number of quaternary nitrogens is 1. The fraction of sp³-hybridized carbons (Fsp3) is 0.562. The fourth-order valence-electron chi connectivity index (χ4n) is 2.74. The van der Waals surface area contributed by atoms with Crippen LogP contribution in [0.3, 0.4) is 0 Å².